The lowest BCUT2D eigenvalue weighted by atomic mass is 10.1. The van der Waals surface area contributed by atoms with E-state index in [1.165, 1.54) is 24.3 Å². The van der Waals surface area contributed by atoms with Crippen LogP contribution in [-0.4, -0.2) is 47.4 Å². The number of morpholine rings is 1. The Morgan fingerprint density at radius 1 is 1.41 bits per heavy atom. The van der Waals surface area contributed by atoms with Crippen molar-refractivity contribution < 1.29 is 18.7 Å². The van der Waals surface area contributed by atoms with Gasteiger partial charge in [0, 0.05) is 12.7 Å². The highest BCUT2D eigenvalue weighted by atomic mass is 19.1. The molecule has 0 spiro atoms. The van der Waals surface area contributed by atoms with E-state index in [1.54, 1.807) is 11.1 Å². The standard InChI is InChI=1S/C15H16FN3O3/c16-11-1-3-12(4-2-11)22-10-15(20)19-7-8-21-9-14(19)13-5-6-17-18-13/h1-6,14H,7-10H2,(H,17,18)/t14-/m0/s1. The maximum Gasteiger partial charge on any atom is 0.261 e. The quantitative estimate of drug-likeness (QED) is 0.930. The van der Waals surface area contributed by atoms with E-state index in [4.69, 9.17) is 9.47 Å². The molecule has 1 fully saturated rings. The molecule has 1 amide bonds. The van der Waals surface area contributed by atoms with Crippen LogP contribution in [0.5, 0.6) is 5.75 Å². The first-order chi connectivity index (χ1) is 10.7. The second-order valence-electron chi connectivity index (χ2n) is 4.93. The molecule has 0 saturated carbocycles. The van der Waals surface area contributed by atoms with Gasteiger partial charge in [0.2, 0.25) is 0 Å². The first kappa shape index (κ1) is 14.5. The monoisotopic (exact) mass is 305 g/mol. The maximum absolute atomic E-state index is 12.8. The van der Waals surface area contributed by atoms with Crippen LogP contribution in [0.3, 0.4) is 0 Å². The highest BCUT2D eigenvalue weighted by Crippen LogP contribution is 2.22. The van der Waals surface area contributed by atoms with Crippen molar-refractivity contribution in [2.24, 2.45) is 0 Å². The SMILES string of the molecule is O=C(COc1ccc(F)cc1)N1CCOC[C@H]1c1ccn[nH]1. The molecule has 1 aliphatic heterocycles. The summed E-state index contributed by atoms with van der Waals surface area (Å²) in [6.07, 6.45) is 1.64. The molecule has 2 aromatic rings. The van der Waals surface area contributed by atoms with Gasteiger partial charge in [0.05, 0.1) is 24.9 Å². The lowest BCUT2D eigenvalue weighted by Crippen LogP contribution is -2.45. The lowest BCUT2D eigenvalue weighted by molar-refractivity contribution is -0.142. The number of carbonyl (C=O) groups is 1. The molecule has 1 saturated heterocycles. The first-order valence-corrected chi connectivity index (χ1v) is 6.99. The van der Waals surface area contributed by atoms with Crippen molar-refractivity contribution >= 4 is 5.91 Å². The largest absolute Gasteiger partial charge is 0.484 e. The fourth-order valence-electron chi connectivity index (χ4n) is 2.37. The van der Waals surface area contributed by atoms with Gasteiger partial charge in [-0.25, -0.2) is 4.39 Å². The summed E-state index contributed by atoms with van der Waals surface area (Å²) in [6.45, 7) is 1.31. The van der Waals surface area contributed by atoms with Crippen molar-refractivity contribution in [1.29, 1.82) is 0 Å². The number of H-pyrrole nitrogens is 1. The Labute approximate surface area is 126 Å². The number of halogens is 1. The van der Waals surface area contributed by atoms with Gasteiger partial charge < -0.3 is 14.4 Å². The predicted octanol–water partition coefficient (Wildman–Crippen LogP) is 1.53. The van der Waals surface area contributed by atoms with Crippen LogP contribution < -0.4 is 4.74 Å². The Kier molecular flexibility index (Phi) is 4.34. The Morgan fingerprint density at radius 2 is 2.23 bits per heavy atom. The minimum atomic E-state index is -0.342. The van der Waals surface area contributed by atoms with E-state index >= 15 is 0 Å². The van der Waals surface area contributed by atoms with E-state index in [0.29, 0.717) is 25.5 Å². The lowest BCUT2D eigenvalue weighted by Gasteiger charge is -2.34. The molecular formula is C15H16FN3O3. The van der Waals surface area contributed by atoms with Gasteiger partial charge >= 0.3 is 0 Å². The van der Waals surface area contributed by atoms with Crippen LogP contribution in [-0.2, 0) is 9.53 Å². The normalized spacial score (nSPS) is 18.2. The van der Waals surface area contributed by atoms with Crippen LogP contribution in [0.1, 0.15) is 11.7 Å². The summed E-state index contributed by atoms with van der Waals surface area (Å²) >= 11 is 0. The molecule has 3 rings (SSSR count). The summed E-state index contributed by atoms with van der Waals surface area (Å²) in [6, 6.07) is 7.20. The first-order valence-electron chi connectivity index (χ1n) is 6.99. The van der Waals surface area contributed by atoms with Crippen LogP contribution in [0.25, 0.3) is 0 Å². The molecule has 1 atom stereocenters. The number of carbonyl (C=O) groups excluding carboxylic acids is 1. The third-order valence-electron chi connectivity index (χ3n) is 3.51. The van der Waals surface area contributed by atoms with Crippen molar-refractivity contribution in [3.05, 3.63) is 48.0 Å². The Hall–Kier alpha value is -2.41. The van der Waals surface area contributed by atoms with Crippen molar-refractivity contribution in [2.45, 2.75) is 6.04 Å². The van der Waals surface area contributed by atoms with Gasteiger partial charge in [0.1, 0.15) is 11.6 Å². The van der Waals surface area contributed by atoms with Gasteiger partial charge in [0.15, 0.2) is 6.61 Å². The zero-order valence-electron chi connectivity index (χ0n) is 11.9. The molecule has 6 nitrogen and oxygen atoms in total. The average molecular weight is 305 g/mol. The zero-order chi connectivity index (χ0) is 15.4. The number of ether oxygens (including phenoxy) is 2. The van der Waals surface area contributed by atoms with Crippen LogP contribution in [0.2, 0.25) is 0 Å². The Morgan fingerprint density at radius 3 is 2.95 bits per heavy atom. The summed E-state index contributed by atoms with van der Waals surface area (Å²) in [7, 11) is 0. The molecule has 1 aliphatic rings. The molecule has 0 bridgehead atoms. The molecule has 0 radical (unpaired) electrons. The summed E-state index contributed by atoms with van der Waals surface area (Å²) in [4.78, 5) is 14.1. The summed E-state index contributed by atoms with van der Waals surface area (Å²) in [5.41, 5.74) is 0.829. The summed E-state index contributed by atoms with van der Waals surface area (Å²) in [5.74, 6) is -0.0283. The van der Waals surface area contributed by atoms with Gasteiger partial charge in [0.25, 0.3) is 5.91 Å². The molecule has 116 valence electrons. The molecule has 1 aromatic carbocycles. The third kappa shape index (κ3) is 3.25. The predicted molar refractivity (Wildman–Crippen MR) is 75.8 cm³/mol. The number of hydrogen-bond acceptors (Lipinski definition) is 4. The molecular weight excluding hydrogens is 289 g/mol. The van der Waals surface area contributed by atoms with Gasteiger partial charge in [-0.15, -0.1) is 0 Å². The minimum absolute atomic E-state index is 0.101. The maximum atomic E-state index is 12.8. The van der Waals surface area contributed by atoms with Crippen molar-refractivity contribution in [3.63, 3.8) is 0 Å². The molecule has 0 aliphatic carbocycles. The number of benzene rings is 1. The van der Waals surface area contributed by atoms with Gasteiger partial charge in [-0.2, -0.15) is 5.10 Å². The number of amides is 1. The highest BCUT2D eigenvalue weighted by Gasteiger charge is 2.29. The van der Waals surface area contributed by atoms with Crippen molar-refractivity contribution in [3.8, 4) is 5.75 Å². The number of aromatic nitrogens is 2. The number of nitrogens with zero attached hydrogens (tertiary/aromatic N) is 2. The summed E-state index contributed by atoms with van der Waals surface area (Å²) in [5, 5.41) is 6.77. The van der Waals surface area contributed by atoms with Crippen LogP contribution in [0, 0.1) is 5.82 Å². The number of hydrogen-bond donors (Lipinski definition) is 1. The van der Waals surface area contributed by atoms with E-state index in [1.807, 2.05) is 6.07 Å². The van der Waals surface area contributed by atoms with E-state index < -0.39 is 0 Å². The van der Waals surface area contributed by atoms with Crippen molar-refractivity contribution in [1.82, 2.24) is 15.1 Å². The smallest absolute Gasteiger partial charge is 0.261 e. The molecule has 7 heteroatoms. The molecule has 0 unspecified atom stereocenters. The second-order valence-corrected chi connectivity index (χ2v) is 4.93. The number of rotatable bonds is 4. The minimum Gasteiger partial charge on any atom is -0.484 e. The third-order valence-corrected chi connectivity index (χ3v) is 3.51. The molecule has 2 heterocycles. The fourth-order valence-corrected chi connectivity index (χ4v) is 2.37. The highest BCUT2D eigenvalue weighted by molar-refractivity contribution is 5.78. The van der Waals surface area contributed by atoms with Crippen LogP contribution >= 0.6 is 0 Å². The summed E-state index contributed by atoms with van der Waals surface area (Å²) < 4.78 is 23.7. The number of aromatic amines is 1. The number of nitrogens with one attached hydrogen (secondary N) is 1. The molecule has 1 aromatic heterocycles. The Bertz CT molecular complexity index is 615. The van der Waals surface area contributed by atoms with Crippen molar-refractivity contribution in [2.75, 3.05) is 26.4 Å². The van der Waals surface area contributed by atoms with E-state index in [2.05, 4.69) is 10.2 Å². The molecule has 1 N–H and O–H groups in total. The van der Waals surface area contributed by atoms with Gasteiger partial charge in [-0.3, -0.25) is 9.89 Å². The average Bonchev–Trinajstić information content (AvgIpc) is 3.08. The topological polar surface area (TPSA) is 67.4 Å². The molecule has 22 heavy (non-hydrogen) atoms. The zero-order valence-corrected chi connectivity index (χ0v) is 11.9. The van der Waals surface area contributed by atoms with Gasteiger partial charge in [-0.1, -0.05) is 0 Å². The van der Waals surface area contributed by atoms with Gasteiger partial charge in [-0.05, 0) is 30.3 Å². The van der Waals surface area contributed by atoms with E-state index in [9.17, 15) is 9.18 Å². The van der Waals surface area contributed by atoms with E-state index in [0.717, 1.165) is 5.69 Å². The second kappa shape index (κ2) is 6.57. The Balaban J connectivity index is 1.63. The fraction of sp³-hybridized carbons (Fsp3) is 0.333. The van der Waals surface area contributed by atoms with E-state index in [-0.39, 0.29) is 24.4 Å². The van der Waals surface area contributed by atoms with Crippen LogP contribution in [0.15, 0.2) is 36.5 Å². The van der Waals surface area contributed by atoms with Crippen LogP contribution in [0.4, 0.5) is 4.39 Å².